The lowest BCUT2D eigenvalue weighted by Crippen LogP contribution is -2.54. The number of carbonyl (C=O) groups excluding carboxylic acids is 3. The normalized spacial score (nSPS) is 16.5. The van der Waals surface area contributed by atoms with Crippen LogP contribution in [-0.2, 0) is 9.59 Å². The summed E-state index contributed by atoms with van der Waals surface area (Å²) < 4.78 is 21.7. The molecule has 2 aliphatic rings. The predicted octanol–water partition coefficient (Wildman–Crippen LogP) is 2.88. The molecular weight excluding hydrogens is 404 g/mol. The van der Waals surface area contributed by atoms with Gasteiger partial charge in [0.2, 0.25) is 6.79 Å². The minimum Gasteiger partial charge on any atom is -0.494 e. The van der Waals surface area contributed by atoms with Crippen LogP contribution < -0.4 is 29.2 Å². The molecule has 2 aliphatic heterocycles. The lowest BCUT2D eigenvalue weighted by atomic mass is 10.1. The van der Waals surface area contributed by atoms with E-state index in [0.29, 0.717) is 41.8 Å². The molecule has 0 saturated carbocycles. The second-order valence-electron chi connectivity index (χ2n) is 6.57. The van der Waals surface area contributed by atoms with E-state index in [1.54, 1.807) is 37.3 Å². The maximum Gasteiger partial charge on any atom is 0.336 e. The zero-order valence-corrected chi connectivity index (χ0v) is 17.0. The van der Waals surface area contributed by atoms with Gasteiger partial charge in [0.15, 0.2) is 11.5 Å². The van der Waals surface area contributed by atoms with Gasteiger partial charge in [-0.3, -0.25) is 14.9 Å². The van der Waals surface area contributed by atoms with Gasteiger partial charge in [0.05, 0.1) is 18.9 Å². The van der Waals surface area contributed by atoms with E-state index in [-0.39, 0.29) is 18.1 Å². The summed E-state index contributed by atoms with van der Waals surface area (Å²) >= 11 is 0. The van der Waals surface area contributed by atoms with Crippen molar-refractivity contribution in [2.24, 2.45) is 0 Å². The van der Waals surface area contributed by atoms with E-state index in [1.807, 2.05) is 6.92 Å². The van der Waals surface area contributed by atoms with Gasteiger partial charge in [-0.25, -0.2) is 9.69 Å². The van der Waals surface area contributed by atoms with Gasteiger partial charge < -0.3 is 18.9 Å². The summed E-state index contributed by atoms with van der Waals surface area (Å²) in [6.45, 7) is 4.44. The number of carbonyl (C=O) groups is 3. The Morgan fingerprint density at radius 3 is 2.55 bits per heavy atom. The highest BCUT2D eigenvalue weighted by molar-refractivity contribution is 6.39. The number of hydrogen-bond donors (Lipinski definition) is 1. The fourth-order valence-electron chi connectivity index (χ4n) is 3.25. The van der Waals surface area contributed by atoms with Crippen molar-refractivity contribution in [1.29, 1.82) is 0 Å². The highest BCUT2D eigenvalue weighted by atomic mass is 16.7. The molecule has 9 heteroatoms. The maximum absolute atomic E-state index is 13.2. The molecule has 1 fully saturated rings. The molecule has 4 rings (SSSR count). The molecule has 9 nitrogen and oxygen atoms in total. The minimum atomic E-state index is -0.868. The van der Waals surface area contributed by atoms with E-state index in [4.69, 9.17) is 18.9 Å². The molecular formula is C22H20N2O7. The monoisotopic (exact) mass is 424 g/mol. The zero-order valence-electron chi connectivity index (χ0n) is 17.0. The topological polar surface area (TPSA) is 103 Å². The van der Waals surface area contributed by atoms with E-state index in [1.165, 1.54) is 12.1 Å². The van der Waals surface area contributed by atoms with Crippen LogP contribution in [0.15, 0.2) is 42.0 Å². The molecule has 2 aromatic rings. The van der Waals surface area contributed by atoms with Crippen LogP contribution in [0.25, 0.3) is 6.08 Å². The second kappa shape index (κ2) is 8.39. The Morgan fingerprint density at radius 2 is 1.77 bits per heavy atom. The lowest BCUT2D eigenvalue weighted by Gasteiger charge is -2.28. The molecule has 2 aromatic carbocycles. The average Bonchev–Trinajstić information content (AvgIpc) is 3.21. The third-order valence-corrected chi connectivity index (χ3v) is 4.59. The Kier molecular flexibility index (Phi) is 5.48. The number of ether oxygens (including phenoxy) is 4. The summed E-state index contributed by atoms with van der Waals surface area (Å²) in [4.78, 5) is 39.2. The Balaban J connectivity index is 1.74. The van der Waals surface area contributed by atoms with Crippen LogP contribution in [0.2, 0.25) is 0 Å². The standard InChI is InChI=1S/C22H20N2O7/c1-3-28-14-6-8-17(29-4-2)16(11-14)24-21(26)15(20(25)23-22(24)27)9-13-5-7-18-19(10-13)31-12-30-18/h5-11H,3-4,12H2,1-2H3,(H,23,25,27). The van der Waals surface area contributed by atoms with Gasteiger partial charge in [0.1, 0.15) is 17.1 Å². The van der Waals surface area contributed by atoms with Gasteiger partial charge in [-0.1, -0.05) is 6.07 Å². The number of benzene rings is 2. The van der Waals surface area contributed by atoms with Gasteiger partial charge in [-0.05, 0) is 49.8 Å². The fourth-order valence-corrected chi connectivity index (χ4v) is 3.25. The lowest BCUT2D eigenvalue weighted by molar-refractivity contribution is -0.122. The summed E-state index contributed by atoms with van der Waals surface area (Å²) in [5.74, 6) is 0.288. The molecule has 0 radical (unpaired) electrons. The van der Waals surface area contributed by atoms with E-state index in [0.717, 1.165) is 4.90 Å². The first-order chi connectivity index (χ1) is 15.0. The van der Waals surface area contributed by atoms with Crippen molar-refractivity contribution >= 4 is 29.6 Å². The molecule has 4 amide bonds. The molecule has 2 heterocycles. The van der Waals surface area contributed by atoms with Crippen LogP contribution in [-0.4, -0.2) is 37.9 Å². The Labute approximate surface area is 178 Å². The van der Waals surface area contributed by atoms with Crippen LogP contribution in [0.5, 0.6) is 23.0 Å². The number of rotatable bonds is 6. The van der Waals surface area contributed by atoms with Gasteiger partial charge in [-0.15, -0.1) is 0 Å². The van der Waals surface area contributed by atoms with Crippen LogP contribution in [0.1, 0.15) is 19.4 Å². The van der Waals surface area contributed by atoms with Crippen LogP contribution in [0.4, 0.5) is 10.5 Å². The first-order valence-electron chi connectivity index (χ1n) is 9.72. The Bertz CT molecular complexity index is 1090. The minimum absolute atomic E-state index is 0.105. The maximum atomic E-state index is 13.2. The van der Waals surface area contributed by atoms with Gasteiger partial charge in [0.25, 0.3) is 11.8 Å². The van der Waals surface area contributed by atoms with Gasteiger partial charge in [0, 0.05) is 6.07 Å². The SMILES string of the molecule is CCOc1ccc(OCC)c(N2C(=O)NC(=O)C(=Cc3ccc4c(c3)OCO4)C2=O)c1. The van der Waals surface area contributed by atoms with E-state index < -0.39 is 17.8 Å². The average molecular weight is 424 g/mol. The highest BCUT2D eigenvalue weighted by Crippen LogP contribution is 2.36. The third-order valence-electron chi connectivity index (χ3n) is 4.59. The van der Waals surface area contributed by atoms with Crippen molar-refractivity contribution in [3.8, 4) is 23.0 Å². The number of hydrogen-bond acceptors (Lipinski definition) is 7. The summed E-state index contributed by atoms with van der Waals surface area (Å²) in [7, 11) is 0. The zero-order chi connectivity index (χ0) is 22.0. The number of barbiturate groups is 1. The number of nitrogens with one attached hydrogen (secondary N) is 1. The molecule has 31 heavy (non-hydrogen) atoms. The molecule has 1 saturated heterocycles. The quantitative estimate of drug-likeness (QED) is 0.562. The van der Waals surface area contributed by atoms with Crippen molar-refractivity contribution in [1.82, 2.24) is 5.32 Å². The number of urea groups is 1. The van der Waals surface area contributed by atoms with Crippen molar-refractivity contribution in [3.63, 3.8) is 0 Å². The van der Waals surface area contributed by atoms with Crippen LogP contribution in [0.3, 0.4) is 0 Å². The number of imide groups is 2. The van der Waals surface area contributed by atoms with Gasteiger partial charge in [-0.2, -0.15) is 0 Å². The Morgan fingerprint density at radius 1 is 1.00 bits per heavy atom. The van der Waals surface area contributed by atoms with Crippen LogP contribution >= 0.6 is 0 Å². The molecule has 0 atom stereocenters. The van der Waals surface area contributed by atoms with Crippen molar-refractivity contribution in [2.45, 2.75) is 13.8 Å². The smallest absolute Gasteiger partial charge is 0.336 e. The summed E-state index contributed by atoms with van der Waals surface area (Å²) in [6, 6.07) is 8.97. The third kappa shape index (κ3) is 3.89. The van der Waals surface area contributed by atoms with Crippen molar-refractivity contribution in [3.05, 3.63) is 47.5 Å². The van der Waals surface area contributed by atoms with Gasteiger partial charge >= 0.3 is 6.03 Å². The first-order valence-corrected chi connectivity index (χ1v) is 9.72. The second-order valence-corrected chi connectivity index (χ2v) is 6.57. The van der Waals surface area contributed by atoms with E-state index in [9.17, 15) is 14.4 Å². The summed E-state index contributed by atoms with van der Waals surface area (Å²) in [6.07, 6.45) is 1.39. The fraction of sp³-hybridized carbons (Fsp3) is 0.227. The van der Waals surface area contributed by atoms with Crippen molar-refractivity contribution in [2.75, 3.05) is 24.9 Å². The first kappa shape index (κ1) is 20.3. The molecule has 0 aliphatic carbocycles. The molecule has 160 valence electrons. The molecule has 0 unspecified atom stereocenters. The highest BCUT2D eigenvalue weighted by Gasteiger charge is 2.38. The molecule has 0 spiro atoms. The summed E-state index contributed by atoms with van der Waals surface area (Å²) in [5.41, 5.74) is 0.521. The number of nitrogens with zero attached hydrogens (tertiary/aromatic N) is 1. The number of amides is 4. The van der Waals surface area contributed by atoms with E-state index in [2.05, 4.69) is 5.32 Å². The number of fused-ring (bicyclic) bond motifs is 1. The van der Waals surface area contributed by atoms with Crippen molar-refractivity contribution < 1.29 is 33.3 Å². The Hall–Kier alpha value is -4.01. The number of anilines is 1. The molecule has 0 aromatic heterocycles. The van der Waals surface area contributed by atoms with E-state index >= 15 is 0 Å². The molecule has 1 N–H and O–H groups in total. The predicted molar refractivity (Wildman–Crippen MR) is 110 cm³/mol. The largest absolute Gasteiger partial charge is 0.494 e. The molecule has 0 bridgehead atoms. The van der Waals surface area contributed by atoms with Crippen LogP contribution in [0, 0.1) is 0 Å². The summed E-state index contributed by atoms with van der Waals surface area (Å²) in [5, 5.41) is 2.21.